The van der Waals surface area contributed by atoms with Gasteiger partial charge in [-0.3, -0.25) is 0 Å². The molecule has 162 valence electrons. The third-order valence-corrected chi connectivity index (χ3v) is 7.81. The van der Waals surface area contributed by atoms with Crippen molar-refractivity contribution in [2.24, 2.45) is 0 Å². The average molecular weight is 491 g/mol. The molecule has 1 amide bonds. The van der Waals surface area contributed by atoms with Crippen molar-refractivity contribution < 1.29 is 14.3 Å². The van der Waals surface area contributed by atoms with Gasteiger partial charge in [0.05, 0.1) is 0 Å². The van der Waals surface area contributed by atoms with Gasteiger partial charge in [0.1, 0.15) is 0 Å². The Morgan fingerprint density at radius 3 is 2.41 bits per heavy atom. The molecule has 0 aliphatic rings. The molecule has 0 unspecified atom stereocenters. The molecule has 0 bridgehead atoms. The van der Waals surface area contributed by atoms with E-state index in [0.717, 1.165) is 32.8 Å². The molecule has 0 fully saturated rings. The first-order chi connectivity index (χ1) is 15.7. The van der Waals surface area contributed by atoms with Crippen molar-refractivity contribution in [2.45, 2.75) is 23.9 Å². The molecule has 3 aromatic carbocycles. The van der Waals surface area contributed by atoms with Gasteiger partial charge < -0.3 is 0 Å². The van der Waals surface area contributed by atoms with Crippen LogP contribution < -0.4 is 9.78 Å². The van der Waals surface area contributed by atoms with Crippen LogP contribution in [0.1, 0.15) is 11.1 Å². The summed E-state index contributed by atoms with van der Waals surface area (Å²) in [5, 5.41) is 4.06. The summed E-state index contributed by atoms with van der Waals surface area (Å²) in [6, 6.07) is 27.1. The number of carbonyl (C=O) groups is 2. The summed E-state index contributed by atoms with van der Waals surface area (Å²) in [4.78, 5) is 27.7. The Labute approximate surface area is 193 Å². The van der Waals surface area contributed by atoms with E-state index in [9.17, 15) is 9.59 Å². The van der Waals surface area contributed by atoms with Crippen LogP contribution in [-0.4, -0.2) is 38.4 Å². The SMILES string of the molecule is O=C[C@H]([Se]c1ccccc1)[C@H](Cc1c[nH]c2ccccc12)NC(=O)OCc1ccccc1. The standard InChI is InChI=1S/C26H24N2O3Se/c29-17-25(32-21-11-5-2-6-12-21)24(15-20-16-27-23-14-8-7-13-22(20)23)28-26(30)31-18-19-9-3-1-4-10-19/h1-14,16-17,24-25,27H,15,18H2,(H,28,30)/t24-,25-/m0/s1. The molecule has 0 saturated carbocycles. The fourth-order valence-electron chi connectivity index (χ4n) is 3.56. The molecular weight excluding hydrogens is 467 g/mol. The topological polar surface area (TPSA) is 71.2 Å². The van der Waals surface area contributed by atoms with Gasteiger partial charge in [0.25, 0.3) is 0 Å². The van der Waals surface area contributed by atoms with Crippen LogP contribution in [0.15, 0.2) is 91.1 Å². The van der Waals surface area contributed by atoms with E-state index in [4.69, 9.17) is 4.74 Å². The summed E-state index contributed by atoms with van der Waals surface area (Å²) in [6.45, 7) is 0.183. The summed E-state index contributed by atoms with van der Waals surface area (Å²) in [5.41, 5.74) is 3.00. The Hall–Kier alpha value is -3.34. The predicted molar refractivity (Wildman–Crippen MR) is 127 cm³/mol. The zero-order valence-electron chi connectivity index (χ0n) is 17.4. The Morgan fingerprint density at radius 2 is 1.66 bits per heavy atom. The summed E-state index contributed by atoms with van der Waals surface area (Å²) >= 11 is -0.132. The van der Waals surface area contributed by atoms with Gasteiger partial charge in [-0.1, -0.05) is 0 Å². The predicted octanol–water partition coefficient (Wildman–Crippen LogP) is 4.02. The van der Waals surface area contributed by atoms with Crippen LogP contribution in [0.4, 0.5) is 4.79 Å². The summed E-state index contributed by atoms with van der Waals surface area (Å²) in [5.74, 6) is 0. The normalized spacial score (nSPS) is 12.8. The summed E-state index contributed by atoms with van der Waals surface area (Å²) in [6.07, 6.45) is 2.92. The fraction of sp³-hybridized carbons (Fsp3) is 0.154. The molecule has 5 nitrogen and oxygen atoms in total. The van der Waals surface area contributed by atoms with Gasteiger partial charge in [0.2, 0.25) is 0 Å². The number of para-hydroxylation sites is 1. The van der Waals surface area contributed by atoms with E-state index in [1.807, 2.05) is 91.1 Å². The van der Waals surface area contributed by atoms with Crippen molar-refractivity contribution in [3.8, 4) is 0 Å². The first-order valence-corrected chi connectivity index (χ1v) is 12.3. The van der Waals surface area contributed by atoms with Gasteiger partial charge in [-0.25, -0.2) is 0 Å². The molecular formula is C26H24N2O3Se. The maximum absolute atomic E-state index is 12.6. The number of fused-ring (bicyclic) bond motifs is 1. The molecule has 4 rings (SSSR count). The molecule has 0 radical (unpaired) electrons. The number of alkyl carbamates (subject to hydrolysis) is 1. The van der Waals surface area contributed by atoms with Gasteiger partial charge in [0, 0.05) is 0 Å². The van der Waals surface area contributed by atoms with Crippen LogP contribution in [0, 0.1) is 0 Å². The number of nitrogens with one attached hydrogen (secondary N) is 2. The molecule has 0 aliphatic heterocycles. The molecule has 4 aromatic rings. The minimum absolute atomic E-state index is 0.132. The van der Waals surface area contributed by atoms with Gasteiger partial charge in [-0.05, 0) is 0 Å². The molecule has 0 aliphatic carbocycles. The Bertz CT molecular complexity index is 1160. The van der Waals surface area contributed by atoms with E-state index in [-0.39, 0.29) is 32.4 Å². The second-order valence-corrected chi connectivity index (χ2v) is 10.0. The number of aromatic amines is 1. The molecule has 0 saturated heterocycles. The number of amides is 1. The Morgan fingerprint density at radius 1 is 0.969 bits per heavy atom. The van der Waals surface area contributed by atoms with Crippen LogP contribution in [-0.2, 0) is 22.6 Å². The molecule has 2 atom stereocenters. The second-order valence-electron chi connectivity index (χ2n) is 7.41. The number of aldehydes is 1. The quantitative estimate of drug-likeness (QED) is 0.275. The molecule has 1 heterocycles. The number of hydrogen-bond donors (Lipinski definition) is 2. The van der Waals surface area contributed by atoms with Crippen molar-refractivity contribution >= 4 is 42.7 Å². The van der Waals surface area contributed by atoms with E-state index in [0.29, 0.717) is 6.42 Å². The minimum atomic E-state index is -0.519. The Kier molecular flexibility index (Phi) is 7.38. The van der Waals surface area contributed by atoms with Gasteiger partial charge in [-0.2, -0.15) is 0 Å². The fourth-order valence-corrected chi connectivity index (χ4v) is 5.69. The number of hydrogen-bond acceptors (Lipinski definition) is 3. The van der Waals surface area contributed by atoms with Crippen molar-refractivity contribution in [2.75, 3.05) is 0 Å². The number of rotatable bonds is 9. The molecule has 32 heavy (non-hydrogen) atoms. The van der Waals surface area contributed by atoms with Crippen molar-refractivity contribution in [3.63, 3.8) is 0 Å². The monoisotopic (exact) mass is 492 g/mol. The van der Waals surface area contributed by atoms with E-state index in [1.54, 1.807) is 0 Å². The van der Waals surface area contributed by atoms with E-state index >= 15 is 0 Å². The first kappa shape index (κ1) is 21.9. The molecule has 0 spiro atoms. The van der Waals surface area contributed by atoms with E-state index < -0.39 is 6.09 Å². The first-order valence-electron chi connectivity index (χ1n) is 10.4. The maximum atomic E-state index is 12.6. The van der Waals surface area contributed by atoms with Crippen molar-refractivity contribution in [3.05, 3.63) is 102 Å². The Balaban J connectivity index is 1.52. The zero-order valence-corrected chi connectivity index (χ0v) is 19.2. The van der Waals surface area contributed by atoms with Gasteiger partial charge in [0.15, 0.2) is 0 Å². The van der Waals surface area contributed by atoms with Crippen LogP contribution in [0.25, 0.3) is 10.9 Å². The van der Waals surface area contributed by atoms with Gasteiger partial charge >= 0.3 is 193 Å². The number of benzene rings is 3. The van der Waals surface area contributed by atoms with Crippen LogP contribution in [0.3, 0.4) is 0 Å². The zero-order chi connectivity index (χ0) is 22.2. The molecule has 1 aromatic heterocycles. The third-order valence-electron chi connectivity index (χ3n) is 5.18. The summed E-state index contributed by atoms with van der Waals surface area (Å²) < 4.78 is 6.55. The average Bonchev–Trinajstić information content (AvgIpc) is 3.25. The van der Waals surface area contributed by atoms with Gasteiger partial charge in [-0.15, -0.1) is 0 Å². The molecule has 2 N–H and O–H groups in total. The third kappa shape index (κ3) is 5.67. The second kappa shape index (κ2) is 10.8. The van der Waals surface area contributed by atoms with Crippen molar-refractivity contribution in [1.29, 1.82) is 0 Å². The molecule has 6 heteroatoms. The van der Waals surface area contributed by atoms with Crippen LogP contribution in [0.2, 0.25) is 4.82 Å². The van der Waals surface area contributed by atoms with Crippen LogP contribution >= 0.6 is 0 Å². The summed E-state index contributed by atoms with van der Waals surface area (Å²) in [7, 11) is 0. The number of H-pyrrole nitrogens is 1. The number of carbonyl (C=O) groups excluding carboxylic acids is 2. The van der Waals surface area contributed by atoms with Crippen LogP contribution in [0.5, 0.6) is 0 Å². The van der Waals surface area contributed by atoms with E-state index in [2.05, 4.69) is 10.3 Å². The van der Waals surface area contributed by atoms with E-state index in [1.165, 1.54) is 0 Å². The van der Waals surface area contributed by atoms with Crippen molar-refractivity contribution in [1.82, 2.24) is 10.3 Å². The number of aromatic nitrogens is 1. The number of ether oxygens (including phenoxy) is 1.